The molecule has 0 radical (unpaired) electrons. The lowest BCUT2D eigenvalue weighted by atomic mass is 9.91. The summed E-state index contributed by atoms with van der Waals surface area (Å²) < 4.78 is 78.4. The number of pyridine rings is 1. The number of ether oxygens (including phenoxy) is 1. The summed E-state index contributed by atoms with van der Waals surface area (Å²) in [6.45, 7) is 0.579. The quantitative estimate of drug-likeness (QED) is 0.331. The highest BCUT2D eigenvalue weighted by atomic mass is 35.5. The van der Waals surface area contributed by atoms with Crippen LogP contribution in [0.3, 0.4) is 0 Å². The summed E-state index contributed by atoms with van der Waals surface area (Å²) in [5.74, 6) is -3.35. The van der Waals surface area contributed by atoms with Crippen molar-refractivity contribution in [1.82, 2.24) is 10.3 Å². The lowest BCUT2D eigenvalue weighted by Crippen LogP contribution is -2.55. The van der Waals surface area contributed by atoms with E-state index in [1.165, 1.54) is 12.1 Å². The molecule has 0 aliphatic carbocycles. The van der Waals surface area contributed by atoms with Crippen molar-refractivity contribution in [2.75, 3.05) is 19.8 Å². The average Bonchev–Trinajstić information content (AvgIpc) is 3.24. The largest absolute Gasteiger partial charge is 0.542 e. The number of hydrogen-bond donors (Lipinski definition) is 3. The summed E-state index contributed by atoms with van der Waals surface area (Å²) in [4.78, 5) is 24.8. The van der Waals surface area contributed by atoms with Crippen molar-refractivity contribution in [2.24, 2.45) is 0 Å². The van der Waals surface area contributed by atoms with Crippen LogP contribution < -0.4 is 14.8 Å². The predicted molar refractivity (Wildman–Crippen MR) is 118 cm³/mol. The van der Waals surface area contributed by atoms with Crippen molar-refractivity contribution in [3.8, 4) is 11.3 Å². The Morgan fingerprint density at radius 1 is 1.13 bits per heavy atom. The van der Waals surface area contributed by atoms with E-state index in [4.69, 9.17) is 26.2 Å². The number of carbonyl (C=O) groups is 2. The number of carboxylic acid groups (broad SMARTS) is 1. The number of alkyl halides is 6. The van der Waals surface area contributed by atoms with Gasteiger partial charge in [0.1, 0.15) is 5.97 Å². The van der Waals surface area contributed by atoms with Gasteiger partial charge in [-0.05, 0) is 43.2 Å². The number of hydrogen-bond acceptors (Lipinski definition) is 5. The zero-order valence-electron chi connectivity index (χ0n) is 19.3. The first-order valence-corrected chi connectivity index (χ1v) is 11.2. The Labute approximate surface area is 215 Å². The van der Waals surface area contributed by atoms with Gasteiger partial charge in [0.15, 0.2) is 11.2 Å². The molecule has 0 unspecified atom stereocenters. The smallest absolute Gasteiger partial charge is 0.430 e. The molecule has 38 heavy (non-hydrogen) atoms. The Morgan fingerprint density at radius 3 is 2.32 bits per heavy atom. The van der Waals surface area contributed by atoms with Crippen LogP contribution in [0.15, 0.2) is 42.6 Å². The number of fused-ring (bicyclic) bond motifs is 1. The van der Waals surface area contributed by atoms with E-state index in [0.29, 0.717) is 37.3 Å². The van der Waals surface area contributed by atoms with E-state index >= 15 is 0 Å². The fourth-order valence-electron chi connectivity index (χ4n) is 3.75. The maximum absolute atomic E-state index is 13.3. The molecule has 1 aliphatic rings. The molecule has 0 atom stereocenters. The molecule has 4 rings (SSSR count). The second-order valence-electron chi connectivity index (χ2n) is 8.29. The number of nitrogens with one attached hydrogen (secondary N) is 2. The third kappa shape index (κ3) is 6.55. The van der Waals surface area contributed by atoms with Crippen LogP contribution in [0.25, 0.3) is 16.8 Å². The molecule has 15 heteroatoms. The van der Waals surface area contributed by atoms with Crippen LogP contribution in [0, 0.1) is 0 Å². The minimum atomic E-state index is -5.19. The molecule has 206 valence electrons. The number of aliphatic carboxylic acids is 1. The lowest BCUT2D eigenvalue weighted by molar-refractivity contribution is -0.514. The molecule has 1 amide bonds. The van der Waals surface area contributed by atoms with Gasteiger partial charge in [0.2, 0.25) is 0 Å². The first-order valence-electron chi connectivity index (χ1n) is 10.9. The molecule has 3 aromatic rings. The molecule has 0 spiro atoms. The first-order chi connectivity index (χ1) is 17.7. The fraction of sp³-hybridized carbons (Fsp3) is 0.348. The number of carboxylic acids is 1. The van der Waals surface area contributed by atoms with E-state index in [-0.39, 0.29) is 18.0 Å². The highest BCUT2D eigenvalue weighted by Gasteiger charge is 2.38. The van der Waals surface area contributed by atoms with Gasteiger partial charge in [0.25, 0.3) is 0 Å². The molecule has 3 heterocycles. The van der Waals surface area contributed by atoms with E-state index < -0.39 is 40.4 Å². The molecular formula is C23H20ClF6N3O5. The van der Waals surface area contributed by atoms with Crippen LogP contribution in [0.5, 0.6) is 0 Å². The van der Waals surface area contributed by atoms with Crippen LogP contribution in [0.4, 0.5) is 26.3 Å². The molecule has 8 nitrogen and oxygen atoms in total. The van der Waals surface area contributed by atoms with Crippen molar-refractivity contribution < 1.29 is 55.3 Å². The normalized spacial score (nSPS) is 15.5. The molecular weight excluding hydrogens is 548 g/mol. The molecule has 1 fully saturated rings. The monoisotopic (exact) mass is 567 g/mol. The maximum Gasteiger partial charge on any atom is 0.430 e. The van der Waals surface area contributed by atoms with Gasteiger partial charge in [-0.2, -0.15) is 30.7 Å². The van der Waals surface area contributed by atoms with Gasteiger partial charge in [-0.1, -0.05) is 17.7 Å². The Balaban J connectivity index is 0.000000505. The molecule has 0 saturated carbocycles. The number of H-pyrrole nitrogens is 1. The minimum absolute atomic E-state index is 0.133. The Bertz CT molecular complexity index is 1320. The molecule has 2 aromatic heterocycles. The average molecular weight is 568 g/mol. The van der Waals surface area contributed by atoms with Gasteiger partial charge < -0.3 is 25.1 Å². The molecule has 0 bridgehead atoms. The molecule has 3 N–H and O–H groups in total. The van der Waals surface area contributed by atoms with Gasteiger partial charge in [-0.25, -0.2) is 4.98 Å². The first kappa shape index (κ1) is 29.2. The second-order valence-corrected chi connectivity index (χ2v) is 8.69. The van der Waals surface area contributed by atoms with Crippen LogP contribution in [0.1, 0.15) is 29.0 Å². The van der Waals surface area contributed by atoms with Crippen LogP contribution >= 0.6 is 11.6 Å². The molecule has 1 saturated heterocycles. The van der Waals surface area contributed by atoms with Crippen molar-refractivity contribution >= 4 is 29.0 Å². The topological polar surface area (TPSA) is 119 Å². The number of benzene rings is 1. The predicted octanol–water partition coefficient (Wildman–Crippen LogP) is 2.66. The van der Waals surface area contributed by atoms with Gasteiger partial charge >= 0.3 is 24.1 Å². The standard InChI is InChI=1S/C21H19ClF3N3O3.C2HF3O2/c22-15-5-4-13(11-14(15)21(23,24)25)17-16-3-1-2-8-28(16)18(26-17)19(30)27-20(12-29)6-9-31-10-7-20;3-2(4,5)1(6)7/h1-5,8,11,29H,6-7,9-10,12H2,(H,27,30);(H,6,7). The summed E-state index contributed by atoms with van der Waals surface area (Å²) in [5, 5.41) is 21.1. The van der Waals surface area contributed by atoms with E-state index in [1.54, 1.807) is 28.8 Å². The third-order valence-corrected chi connectivity index (χ3v) is 6.07. The van der Waals surface area contributed by atoms with Crippen molar-refractivity contribution in [3.05, 3.63) is 59.0 Å². The lowest BCUT2D eigenvalue weighted by Gasteiger charge is -2.35. The van der Waals surface area contributed by atoms with E-state index in [1.807, 2.05) is 0 Å². The summed E-state index contributed by atoms with van der Waals surface area (Å²) in [7, 11) is 0. The number of carbonyl (C=O) groups excluding carboxylic acids is 2. The van der Waals surface area contributed by atoms with Crippen molar-refractivity contribution in [3.63, 3.8) is 0 Å². The number of halogens is 7. The number of rotatable bonds is 4. The number of aliphatic hydroxyl groups excluding tert-OH is 1. The number of imidazole rings is 1. The van der Waals surface area contributed by atoms with Gasteiger partial charge in [0, 0.05) is 18.8 Å². The molecule has 1 aliphatic heterocycles. The Hall–Kier alpha value is -3.36. The SMILES string of the molecule is O=C(NC1(CO)CCOCC1)c1[nH]c(-c2ccc(Cl)c(C(F)(F)F)c2)c2cccc[n+]12.O=C([O-])C(F)(F)F. The number of nitrogens with zero attached hydrogens (tertiary/aromatic N) is 1. The number of aromatic nitrogens is 2. The maximum atomic E-state index is 13.3. The highest BCUT2D eigenvalue weighted by Crippen LogP contribution is 2.37. The van der Waals surface area contributed by atoms with Gasteiger partial charge in [0.05, 0.1) is 28.9 Å². The van der Waals surface area contributed by atoms with E-state index in [2.05, 4.69) is 10.3 Å². The van der Waals surface area contributed by atoms with E-state index in [9.17, 15) is 36.2 Å². The van der Waals surface area contributed by atoms with Crippen molar-refractivity contribution in [1.29, 1.82) is 0 Å². The number of aliphatic hydroxyl groups is 1. The van der Waals surface area contributed by atoms with E-state index in [0.717, 1.165) is 6.07 Å². The summed E-state index contributed by atoms with van der Waals surface area (Å²) >= 11 is 5.75. The van der Waals surface area contributed by atoms with Crippen LogP contribution in [-0.2, 0) is 15.7 Å². The summed E-state index contributed by atoms with van der Waals surface area (Å²) in [5.41, 5.74) is -0.664. The highest BCUT2D eigenvalue weighted by molar-refractivity contribution is 6.31. The second kappa shape index (κ2) is 11.2. The summed E-state index contributed by atoms with van der Waals surface area (Å²) in [6, 6.07) is 8.73. The zero-order chi connectivity index (χ0) is 28.3. The Morgan fingerprint density at radius 2 is 1.76 bits per heavy atom. The minimum Gasteiger partial charge on any atom is -0.542 e. The third-order valence-electron chi connectivity index (χ3n) is 5.74. The van der Waals surface area contributed by atoms with Crippen molar-refractivity contribution in [2.45, 2.75) is 30.7 Å². The Kier molecular flexibility index (Phi) is 8.58. The van der Waals surface area contributed by atoms with Crippen LogP contribution in [-0.4, -0.2) is 53.5 Å². The summed E-state index contributed by atoms with van der Waals surface area (Å²) in [6.07, 6.45) is -7.26. The van der Waals surface area contributed by atoms with Gasteiger partial charge in [-0.15, -0.1) is 0 Å². The molecule has 1 aromatic carbocycles. The van der Waals surface area contributed by atoms with Gasteiger partial charge in [-0.3, -0.25) is 4.79 Å². The number of aromatic amines is 1. The zero-order valence-corrected chi connectivity index (χ0v) is 20.0. The fourth-order valence-corrected chi connectivity index (χ4v) is 3.98. The van der Waals surface area contributed by atoms with Crippen LogP contribution in [0.2, 0.25) is 5.02 Å². The number of amides is 1.